The van der Waals surface area contributed by atoms with Crippen LogP contribution >= 0.6 is 0 Å². The Morgan fingerprint density at radius 2 is 1.55 bits per heavy atom. The van der Waals surface area contributed by atoms with Gasteiger partial charge in [-0.2, -0.15) is 0 Å². The molecule has 0 saturated carbocycles. The van der Waals surface area contributed by atoms with E-state index < -0.39 is 16.4 Å². The molecule has 3 nitrogen and oxygen atoms in total. The molecule has 0 amide bonds. The van der Waals surface area contributed by atoms with Gasteiger partial charge in [0.2, 0.25) is 0 Å². The van der Waals surface area contributed by atoms with Gasteiger partial charge in [-0.3, -0.25) is 0 Å². The van der Waals surface area contributed by atoms with Crippen LogP contribution in [0.5, 0.6) is 0 Å². The summed E-state index contributed by atoms with van der Waals surface area (Å²) in [6, 6.07) is 24.1. The highest BCUT2D eigenvalue weighted by molar-refractivity contribution is 7.90. The maximum atomic E-state index is 13.5. The van der Waals surface area contributed by atoms with E-state index in [2.05, 4.69) is 20.8 Å². The number of hydrogen-bond acceptors (Lipinski definition) is 2. The van der Waals surface area contributed by atoms with Gasteiger partial charge in [-0.25, -0.2) is 12.4 Å². The number of rotatable bonds is 5. The first-order valence-electron chi connectivity index (χ1n) is 10.9. The standard InChI is InChI=1S/C27H27NO2S/c1-27(2,3)23-16-18-24(19-17-23)31(29,30)28-20-22(25-14-7-8-15-26(25)28)13-9-12-21-10-5-4-6-11-21/h4-11,13-20H,12H2,1-3H3/b13-9+/i12D. The normalized spacial score (nSPS) is 14.1. The zero-order valence-corrected chi connectivity index (χ0v) is 18.8. The third-order valence-electron chi connectivity index (χ3n) is 5.35. The summed E-state index contributed by atoms with van der Waals surface area (Å²) >= 11 is 0. The molecule has 0 radical (unpaired) electrons. The molecule has 1 heterocycles. The molecule has 0 saturated heterocycles. The van der Waals surface area contributed by atoms with Crippen LogP contribution in [0.4, 0.5) is 0 Å². The fourth-order valence-electron chi connectivity index (χ4n) is 3.57. The summed E-state index contributed by atoms with van der Waals surface area (Å²) < 4.78 is 36.7. The van der Waals surface area contributed by atoms with Gasteiger partial charge in [0.25, 0.3) is 10.0 Å². The monoisotopic (exact) mass is 430 g/mol. The highest BCUT2D eigenvalue weighted by atomic mass is 32.2. The van der Waals surface area contributed by atoms with E-state index in [0.29, 0.717) is 5.52 Å². The van der Waals surface area contributed by atoms with Crippen molar-refractivity contribution in [3.8, 4) is 0 Å². The molecule has 0 N–H and O–H groups in total. The first-order valence-corrected chi connectivity index (χ1v) is 11.7. The lowest BCUT2D eigenvalue weighted by molar-refractivity contribution is 0.583. The summed E-state index contributed by atoms with van der Waals surface area (Å²) in [6.45, 7) is 6.30. The summed E-state index contributed by atoms with van der Waals surface area (Å²) in [5.74, 6) is 0. The summed E-state index contributed by atoms with van der Waals surface area (Å²) in [4.78, 5) is 0.254. The highest BCUT2D eigenvalue weighted by Crippen LogP contribution is 2.28. The second-order valence-electron chi connectivity index (χ2n) is 8.61. The zero-order valence-electron chi connectivity index (χ0n) is 19.0. The molecule has 1 aromatic heterocycles. The van der Waals surface area contributed by atoms with Crippen molar-refractivity contribution in [1.82, 2.24) is 3.97 Å². The molecule has 1 unspecified atom stereocenters. The average molecular weight is 431 g/mol. The molecule has 3 aromatic carbocycles. The Morgan fingerprint density at radius 3 is 2.23 bits per heavy atom. The second-order valence-corrected chi connectivity index (χ2v) is 10.4. The van der Waals surface area contributed by atoms with E-state index in [1.807, 2.05) is 72.8 Å². The summed E-state index contributed by atoms with van der Waals surface area (Å²) in [5, 5.41) is 0.832. The molecule has 0 aliphatic carbocycles. The van der Waals surface area contributed by atoms with Crippen molar-refractivity contribution in [2.24, 2.45) is 0 Å². The zero-order chi connectivity index (χ0) is 22.9. The van der Waals surface area contributed by atoms with Gasteiger partial charge in [-0.1, -0.05) is 93.6 Å². The van der Waals surface area contributed by atoms with E-state index >= 15 is 0 Å². The average Bonchev–Trinajstić information content (AvgIpc) is 3.17. The minimum atomic E-state index is -3.76. The van der Waals surface area contributed by atoms with Gasteiger partial charge in [0, 0.05) is 18.5 Å². The van der Waals surface area contributed by atoms with Crippen LogP contribution in [-0.4, -0.2) is 12.4 Å². The molecule has 4 rings (SSSR count). The van der Waals surface area contributed by atoms with Crippen LogP contribution in [0.3, 0.4) is 0 Å². The largest absolute Gasteiger partial charge is 0.268 e. The second kappa shape index (κ2) is 8.20. The van der Waals surface area contributed by atoms with E-state index in [9.17, 15) is 8.42 Å². The van der Waals surface area contributed by atoms with Crippen LogP contribution in [0.1, 0.15) is 38.8 Å². The number of nitrogens with zero attached hydrogens (tertiary/aromatic N) is 1. The van der Waals surface area contributed by atoms with E-state index in [1.165, 1.54) is 3.97 Å². The van der Waals surface area contributed by atoms with Crippen molar-refractivity contribution in [3.05, 3.63) is 108 Å². The van der Waals surface area contributed by atoms with Crippen LogP contribution in [0.15, 0.2) is 96.0 Å². The van der Waals surface area contributed by atoms with Crippen molar-refractivity contribution >= 4 is 27.0 Å². The fourth-order valence-corrected chi connectivity index (χ4v) is 4.95. The molecule has 0 bridgehead atoms. The van der Waals surface area contributed by atoms with Crippen molar-refractivity contribution in [2.45, 2.75) is 37.5 Å². The predicted molar refractivity (Wildman–Crippen MR) is 129 cm³/mol. The van der Waals surface area contributed by atoms with Crippen molar-refractivity contribution in [2.75, 3.05) is 0 Å². The number of benzene rings is 3. The third-order valence-corrected chi connectivity index (χ3v) is 7.04. The molecular formula is C27H27NO2S. The number of allylic oxidation sites excluding steroid dienone is 1. The number of aromatic nitrogens is 1. The Labute approximate surface area is 186 Å². The van der Waals surface area contributed by atoms with Crippen LogP contribution < -0.4 is 0 Å². The van der Waals surface area contributed by atoms with Crippen molar-refractivity contribution in [1.29, 1.82) is 0 Å². The van der Waals surface area contributed by atoms with Gasteiger partial charge in [-0.05, 0) is 41.1 Å². The van der Waals surface area contributed by atoms with Crippen LogP contribution in [0.25, 0.3) is 17.0 Å². The molecule has 0 fully saturated rings. The topological polar surface area (TPSA) is 39.1 Å². The minimum Gasteiger partial charge on any atom is -0.241 e. The Bertz CT molecular complexity index is 1360. The molecule has 4 aromatic rings. The quantitative estimate of drug-likeness (QED) is 0.366. The Hall–Kier alpha value is -3.11. The molecular weight excluding hydrogens is 402 g/mol. The van der Waals surface area contributed by atoms with Gasteiger partial charge >= 0.3 is 0 Å². The van der Waals surface area contributed by atoms with Gasteiger partial charge in [-0.15, -0.1) is 0 Å². The van der Waals surface area contributed by atoms with E-state index in [4.69, 9.17) is 1.37 Å². The van der Waals surface area contributed by atoms with Gasteiger partial charge in [0.1, 0.15) is 0 Å². The van der Waals surface area contributed by atoms with Crippen LogP contribution in [0.2, 0.25) is 0 Å². The SMILES string of the molecule is [2H]C(/C=C/c1cn(S(=O)(=O)c2ccc(C(C)(C)C)cc2)c2ccccc12)c1ccccc1. The number of para-hydroxylation sites is 1. The van der Waals surface area contributed by atoms with Crippen molar-refractivity contribution < 1.29 is 9.79 Å². The third kappa shape index (κ3) is 4.35. The maximum absolute atomic E-state index is 13.5. The molecule has 4 heteroatoms. The lowest BCUT2D eigenvalue weighted by Crippen LogP contribution is -2.14. The smallest absolute Gasteiger partial charge is 0.241 e. The van der Waals surface area contributed by atoms with E-state index in [-0.39, 0.29) is 10.3 Å². The van der Waals surface area contributed by atoms with Crippen molar-refractivity contribution in [3.63, 3.8) is 0 Å². The van der Waals surface area contributed by atoms with E-state index in [0.717, 1.165) is 22.1 Å². The summed E-state index contributed by atoms with van der Waals surface area (Å²) in [7, 11) is -3.76. The van der Waals surface area contributed by atoms with Gasteiger partial charge in [0.15, 0.2) is 0 Å². The predicted octanol–water partition coefficient (Wildman–Crippen LogP) is 6.43. The fraction of sp³-hybridized carbons (Fsp3) is 0.185. The van der Waals surface area contributed by atoms with Gasteiger partial charge < -0.3 is 0 Å². The highest BCUT2D eigenvalue weighted by Gasteiger charge is 2.22. The van der Waals surface area contributed by atoms with Gasteiger partial charge in [0.05, 0.1) is 10.4 Å². The van der Waals surface area contributed by atoms with E-state index in [1.54, 1.807) is 24.4 Å². The molecule has 1 atom stereocenters. The Kier molecular flexibility index (Phi) is 5.24. The molecule has 31 heavy (non-hydrogen) atoms. The lowest BCUT2D eigenvalue weighted by Gasteiger charge is -2.19. The number of fused-ring (bicyclic) bond motifs is 1. The Balaban J connectivity index is 1.75. The van der Waals surface area contributed by atoms with Crippen LogP contribution in [0, 0.1) is 0 Å². The van der Waals surface area contributed by atoms with Crippen LogP contribution in [-0.2, 0) is 21.8 Å². The minimum absolute atomic E-state index is 0.0496. The number of hydrogen-bond donors (Lipinski definition) is 0. The Morgan fingerprint density at radius 1 is 0.903 bits per heavy atom. The lowest BCUT2D eigenvalue weighted by atomic mass is 9.87. The molecule has 0 aliphatic rings. The summed E-state index contributed by atoms with van der Waals surface area (Å²) in [6.07, 6.45) is 4.74. The molecule has 158 valence electrons. The molecule has 0 spiro atoms. The first-order chi connectivity index (χ1) is 15.2. The molecule has 0 aliphatic heterocycles. The maximum Gasteiger partial charge on any atom is 0.268 e. The first kappa shape index (κ1) is 19.8. The summed E-state index contributed by atoms with van der Waals surface area (Å²) in [5.41, 5.74) is 3.31.